The maximum absolute atomic E-state index is 12.0. The minimum absolute atomic E-state index is 0.0762. The van der Waals surface area contributed by atoms with Crippen molar-refractivity contribution in [1.82, 2.24) is 0 Å². The summed E-state index contributed by atoms with van der Waals surface area (Å²) in [6, 6.07) is 4.64. The average molecular weight is 328 g/mol. The predicted octanol–water partition coefficient (Wildman–Crippen LogP) is 2.13. The molecule has 1 heterocycles. The van der Waals surface area contributed by atoms with Crippen LogP contribution < -0.4 is 9.64 Å². The van der Waals surface area contributed by atoms with Gasteiger partial charge in [0.1, 0.15) is 11.8 Å². The smallest absolute Gasteiger partial charge is 0.328 e. The molecule has 1 atom stereocenters. The van der Waals surface area contributed by atoms with Crippen molar-refractivity contribution in [2.45, 2.75) is 19.9 Å². The van der Waals surface area contributed by atoms with Gasteiger partial charge >= 0.3 is 5.97 Å². The van der Waals surface area contributed by atoms with E-state index >= 15 is 0 Å². The molecule has 1 amide bonds. The Morgan fingerprint density at radius 1 is 1.58 bits per heavy atom. The van der Waals surface area contributed by atoms with Crippen LogP contribution >= 0.6 is 15.9 Å². The van der Waals surface area contributed by atoms with Crippen LogP contribution in [0.4, 0.5) is 5.69 Å². The molecule has 1 aromatic carbocycles. The van der Waals surface area contributed by atoms with Crippen molar-refractivity contribution >= 4 is 33.5 Å². The van der Waals surface area contributed by atoms with Crippen LogP contribution in [0.5, 0.6) is 5.75 Å². The Hall–Kier alpha value is -1.56. The van der Waals surface area contributed by atoms with Crippen molar-refractivity contribution in [3.63, 3.8) is 0 Å². The summed E-state index contributed by atoms with van der Waals surface area (Å²) in [5, 5.41) is 0. The van der Waals surface area contributed by atoms with E-state index in [1.54, 1.807) is 32.0 Å². The van der Waals surface area contributed by atoms with Crippen LogP contribution in [0.3, 0.4) is 0 Å². The molecule has 1 aliphatic rings. The summed E-state index contributed by atoms with van der Waals surface area (Å²) in [7, 11) is 0. The Morgan fingerprint density at radius 3 is 3.00 bits per heavy atom. The number of esters is 1. The minimum Gasteiger partial charge on any atom is -0.482 e. The van der Waals surface area contributed by atoms with E-state index in [4.69, 9.17) is 9.47 Å². The van der Waals surface area contributed by atoms with Gasteiger partial charge in [-0.3, -0.25) is 9.69 Å². The first-order chi connectivity index (χ1) is 9.04. The fourth-order valence-corrected chi connectivity index (χ4v) is 2.28. The Labute approximate surface area is 119 Å². The summed E-state index contributed by atoms with van der Waals surface area (Å²) in [5.41, 5.74) is 0.583. The van der Waals surface area contributed by atoms with Crippen molar-refractivity contribution in [1.29, 1.82) is 0 Å². The highest BCUT2D eigenvalue weighted by atomic mass is 79.9. The van der Waals surface area contributed by atoms with Crippen molar-refractivity contribution in [3.05, 3.63) is 22.7 Å². The number of carbonyl (C=O) groups is 2. The Kier molecular flexibility index (Phi) is 4.09. The molecule has 0 saturated heterocycles. The summed E-state index contributed by atoms with van der Waals surface area (Å²) >= 11 is 3.34. The van der Waals surface area contributed by atoms with Crippen molar-refractivity contribution in [2.24, 2.45) is 0 Å². The molecule has 1 aromatic rings. The summed E-state index contributed by atoms with van der Waals surface area (Å²) < 4.78 is 11.2. The standard InChI is InChI=1S/C13H14BrNO4/c1-3-18-13(17)8(2)15-10-5-4-9(14)6-11(10)19-7-12(15)16/h4-6,8H,3,7H2,1-2H3/t8-/m1/s1. The highest BCUT2D eigenvalue weighted by Gasteiger charge is 2.33. The summed E-state index contributed by atoms with van der Waals surface area (Å²) in [4.78, 5) is 25.2. The molecule has 19 heavy (non-hydrogen) atoms. The van der Waals surface area contributed by atoms with Gasteiger partial charge in [0, 0.05) is 4.47 Å². The highest BCUT2D eigenvalue weighted by molar-refractivity contribution is 9.10. The van der Waals surface area contributed by atoms with Crippen LogP contribution in [0, 0.1) is 0 Å². The quantitative estimate of drug-likeness (QED) is 0.798. The topological polar surface area (TPSA) is 55.8 Å². The van der Waals surface area contributed by atoms with E-state index in [9.17, 15) is 9.59 Å². The van der Waals surface area contributed by atoms with E-state index < -0.39 is 12.0 Å². The lowest BCUT2D eigenvalue weighted by atomic mass is 10.2. The van der Waals surface area contributed by atoms with Gasteiger partial charge < -0.3 is 9.47 Å². The van der Waals surface area contributed by atoms with Crippen LogP contribution in [0.1, 0.15) is 13.8 Å². The summed E-state index contributed by atoms with van der Waals surface area (Å²) in [6.45, 7) is 3.59. The largest absolute Gasteiger partial charge is 0.482 e. The molecule has 2 rings (SSSR count). The van der Waals surface area contributed by atoms with E-state index in [1.165, 1.54) is 4.90 Å². The number of ether oxygens (including phenoxy) is 2. The van der Waals surface area contributed by atoms with Gasteiger partial charge in [0.2, 0.25) is 0 Å². The molecule has 1 aliphatic heterocycles. The number of anilines is 1. The molecule has 0 radical (unpaired) electrons. The fourth-order valence-electron chi connectivity index (χ4n) is 1.94. The molecule has 0 N–H and O–H groups in total. The van der Waals surface area contributed by atoms with E-state index in [0.717, 1.165) is 4.47 Å². The third-order valence-corrected chi connectivity index (χ3v) is 3.31. The number of fused-ring (bicyclic) bond motifs is 1. The molecule has 0 unspecified atom stereocenters. The molecule has 0 aromatic heterocycles. The second-order valence-electron chi connectivity index (χ2n) is 4.09. The third-order valence-electron chi connectivity index (χ3n) is 2.82. The zero-order valence-electron chi connectivity index (χ0n) is 10.7. The predicted molar refractivity (Wildman–Crippen MR) is 73.2 cm³/mol. The Morgan fingerprint density at radius 2 is 2.32 bits per heavy atom. The minimum atomic E-state index is -0.670. The van der Waals surface area contributed by atoms with Crippen LogP contribution in [0.15, 0.2) is 22.7 Å². The molecule has 6 heteroatoms. The molecule has 0 fully saturated rings. The number of rotatable bonds is 3. The van der Waals surface area contributed by atoms with Crippen LogP contribution in [0.25, 0.3) is 0 Å². The molecular formula is C13H14BrNO4. The molecule has 0 spiro atoms. The number of halogens is 1. The molecule has 5 nitrogen and oxygen atoms in total. The molecule has 0 saturated carbocycles. The maximum Gasteiger partial charge on any atom is 0.328 e. The second-order valence-corrected chi connectivity index (χ2v) is 5.01. The third kappa shape index (κ3) is 2.73. The first-order valence-corrected chi connectivity index (χ1v) is 6.75. The number of carbonyl (C=O) groups excluding carboxylic acids is 2. The lowest BCUT2D eigenvalue weighted by molar-refractivity contribution is -0.145. The second kappa shape index (κ2) is 5.61. The Bertz CT molecular complexity index is 517. The number of benzene rings is 1. The zero-order valence-corrected chi connectivity index (χ0v) is 12.3. The number of amides is 1. The first kappa shape index (κ1) is 13.9. The van der Waals surface area contributed by atoms with E-state index in [-0.39, 0.29) is 19.1 Å². The lowest BCUT2D eigenvalue weighted by Crippen LogP contribution is -2.48. The van der Waals surface area contributed by atoms with Gasteiger partial charge in [-0.15, -0.1) is 0 Å². The average Bonchev–Trinajstić information content (AvgIpc) is 2.38. The SMILES string of the molecule is CCOC(=O)[C@@H](C)N1C(=O)COc2cc(Br)ccc21. The number of hydrogen-bond donors (Lipinski definition) is 0. The van der Waals surface area contributed by atoms with Crippen molar-refractivity contribution in [2.75, 3.05) is 18.1 Å². The van der Waals surface area contributed by atoms with Gasteiger partial charge in [-0.05, 0) is 32.0 Å². The van der Waals surface area contributed by atoms with Crippen molar-refractivity contribution < 1.29 is 19.1 Å². The van der Waals surface area contributed by atoms with Crippen molar-refractivity contribution in [3.8, 4) is 5.75 Å². The lowest BCUT2D eigenvalue weighted by Gasteiger charge is -2.32. The maximum atomic E-state index is 12.0. The van der Waals surface area contributed by atoms with Gasteiger partial charge in [0.15, 0.2) is 6.61 Å². The Balaban J connectivity index is 2.35. The van der Waals surface area contributed by atoms with E-state index in [0.29, 0.717) is 11.4 Å². The normalized spacial score (nSPS) is 15.5. The van der Waals surface area contributed by atoms with E-state index in [1.807, 2.05) is 0 Å². The van der Waals surface area contributed by atoms with Gasteiger partial charge in [0.25, 0.3) is 5.91 Å². The number of hydrogen-bond acceptors (Lipinski definition) is 4. The molecule has 0 aliphatic carbocycles. The zero-order chi connectivity index (χ0) is 14.0. The van der Waals surface area contributed by atoms with Crippen LogP contribution in [-0.4, -0.2) is 31.1 Å². The summed E-state index contributed by atoms with van der Waals surface area (Å²) in [6.07, 6.45) is 0. The van der Waals surface area contributed by atoms with Gasteiger partial charge in [-0.2, -0.15) is 0 Å². The van der Waals surface area contributed by atoms with Gasteiger partial charge in [0.05, 0.1) is 12.3 Å². The number of nitrogens with zero attached hydrogens (tertiary/aromatic N) is 1. The molecule has 0 bridgehead atoms. The van der Waals surface area contributed by atoms with E-state index in [2.05, 4.69) is 15.9 Å². The molecule has 102 valence electrons. The highest BCUT2D eigenvalue weighted by Crippen LogP contribution is 2.35. The summed E-state index contributed by atoms with van der Waals surface area (Å²) in [5.74, 6) is -0.105. The van der Waals surface area contributed by atoms with Crippen LogP contribution in [0.2, 0.25) is 0 Å². The fraction of sp³-hybridized carbons (Fsp3) is 0.385. The van der Waals surface area contributed by atoms with Gasteiger partial charge in [-0.1, -0.05) is 15.9 Å². The monoisotopic (exact) mass is 327 g/mol. The first-order valence-electron chi connectivity index (χ1n) is 5.95. The van der Waals surface area contributed by atoms with Gasteiger partial charge in [-0.25, -0.2) is 4.79 Å². The van der Waals surface area contributed by atoms with Crippen LogP contribution in [-0.2, 0) is 14.3 Å². The molecular weight excluding hydrogens is 314 g/mol.